The van der Waals surface area contributed by atoms with E-state index in [4.69, 9.17) is 19.4 Å². The van der Waals surface area contributed by atoms with Crippen molar-refractivity contribution in [2.75, 3.05) is 0 Å². The zero-order chi connectivity index (χ0) is 40.7. The Balaban J connectivity index is 0.000000214. The summed E-state index contributed by atoms with van der Waals surface area (Å²) in [6.07, 6.45) is 8.76. The smallest absolute Gasteiger partial charge is 0.151 e. The van der Waals surface area contributed by atoms with Crippen LogP contribution in [0.25, 0.3) is 72.2 Å². The fourth-order valence-corrected chi connectivity index (χ4v) is 11.5. The Morgan fingerprint density at radius 1 is 0.763 bits per heavy atom. The number of hydrogen-bond acceptors (Lipinski definition) is 5. The monoisotopic (exact) mass is 1020 g/mol. The van der Waals surface area contributed by atoms with Gasteiger partial charge in [0.2, 0.25) is 0 Å². The molecule has 0 spiro atoms. The van der Waals surface area contributed by atoms with Crippen molar-refractivity contribution < 1.29 is 24.5 Å². The fourth-order valence-electron chi connectivity index (χ4n) is 8.13. The summed E-state index contributed by atoms with van der Waals surface area (Å²) in [7, 11) is 0. The Hall–Kier alpha value is -4.95. The number of benzene rings is 4. The van der Waals surface area contributed by atoms with Gasteiger partial charge in [0.1, 0.15) is 0 Å². The minimum absolute atomic E-state index is 0. The molecular formula is C51H51GeIrN5O-2. The molecule has 0 atom stereocenters. The minimum atomic E-state index is -1.86. The average Bonchev–Trinajstić information content (AvgIpc) is 3.78. The molecule has 301 valence electrons. The molecule has 9 rings (SSSR count). The van der Waals surface area contributed by atoms with Crippen LogP contribution in [0.4, 0.5) is 0 Å². The molecular weight excluding hydrogens is 963 g/mol. The van der Waals surface area contributed by atoms with Crippen LogP contribution < -0.4 is 4.40 Å². The number of rotatable bonds is 8. The van der Waals surface area contributed by atoms with Gasteiger partial charge in [-0.25, -0.2) is 0 Å². The van der Waals surface area contributed by atoms with Gasteiger partial charge in [-0.1, -0.05) is 81.1 Å². The average molecular weight is 1010 g/mol. The second kappa shape index (κ2) is 17.3. The summed E-state index contributed by atoms with van der Waals surface area (Å²) >= 11 is -1.86. The maximum Gasteiger partial charge on any atom is 0.151 e. The molecule has 5 aromatic heterocycles. The largest absolute Gasteiger partial charge is 0.482 e. The Morgan fingerprint density at radius 3 is 2.22 bits per heavy atom. The number of imidazole rings is 1. The van der Waals surface area contributed by atoms with Crippen molar-refractivity contribution >= 4 is 61.5 Å². The maximum absolute atomic E-state index is 5.99. The number of hydrogen-bond donors (Lipinski definition) is 0. The molecule has 6 nitrogen and oxygen atoms in total. The van der Waals surface area contributed by atoms with Crippen LogP contribution >= 0.6 is 0 Å². The molecule has 1 radical (unpaired) electrons. The first-order valence-corrected chi connectivity index (χ1v) is 27.8. The summed E-state index contributed by atoms with van der Waals surface area (Å²) in [6.45, 7) is 13.6. The van der Waals surface area contributed by atoms with E-state index < -0.39 is 13.3 Å². The predicted molar refractivity (Wildman–Crippen MR) is 244 cm³/mol. The van der Waals surface area contributed by atoms with Crippen LogP contribution in [-0.4, -0.2) is 37.8 Å². The van der Waals surface area contributed by atoms with Crippen LogP contribution in [-0.2, 0) is 26.5 Å². The van der Waals surface area contributed by atoms with Gasteiger partial charge in [0.15, 0.2) is 5.71 Å². The molecule has 9 aromatic rings. The van der Waals surface area contributed by atoms with Gasteiger partial charge in [-0.2, -0.15) is 0 Å². The van der Waals surface area contributed by atoms with Crippen LogP contribution in [0.2, 0.25) is 17.3 Å². The van der Waals surface area contributed by atoms with E-state index in [0.29, 0.717) is 23.5 Å². The van der Waals surface area contributed by atoms with Crippen molar-refractivity contribution in [2.24, 2.45) is 5.92 Å². The van der Waals surface area contributed by atoms with E-state index in [1.165, 1.54) is 33.2 Å². The summed E-state index contributed by atoms with van der Waals surface area (Å²) < 4.78 is 9.83. The van der Waals surface area contributed by atoms with Crippen LogP contribution in [0.1, 0.15) is 70.1 Å². The molecule has 0 fully saturated rings. The molecule has 4 aromatic carbocycles. The molecule has 0 saturated heterocycles. The zero-order valence-electron chi connectivity index (χ0n) is 35.4. The van der Waals surface area contributed by atoms with E-state index in [1.54, 1.807) is 4.40 Å². The summed E-state index contributed by atoms with van der Waals surface area (Å²) in [4.78, 5) is 18.9. The number of furan rings is 1. The molecule has 8 heteroatoms. The molecule has 0 unspecified atom stereocenters. The number of pyridine rings is 3. The molecule has 59 heavy (non-hydrogen) atoms. The third-order valence-corrected chi connectivity index (χ3v) is 15.1. The molecule has 0 aliphatic heterocycles. The second-order valence-corrected chi connectivity index (χ2v) is 27.9. The standard InChI is InChI=1S/C33H27N4O.C18H24GeN.Ir/c1-19(2)25-15-21-9-5-6-10-23(21)30(20(3)4)31(25)37-28-13-14-34-18-27(28)36-32(37)22-16-26-24-11-7-8-12-29(24)38-33(26)35-17-22;1-14(2)11-16-12-18(15-9-7-6-8-10-15)20-13-17(16)19(3,4)5;/h5-15,17-20H,1-4H3;6-9,12-14H,11H2,1-5H3;/q2*-1;. The number of fused-ring (bicyclic) bond motifs is 5. The first-order valence-electron chi connectivity index (χ1n) is 20.4. The minimum Gasteiger partial charge on any atom is -0.482 e. The van der Waals surface area contributed by atoms with Gasteiger partial charge in [-0.05, 0) is 63.5 Å². The van der Waals surface area contributed by atoms with Crippen molar-refractivity contribution in [1.29, 1.82) is 0 Å². The summed E-state index contributed by atoms with van der Waals surface area (Å²) in [6, 6.07) is 38.3. The Morgan fingerprint density at radius 2 is 1.51 bits per heavy atom. The summed E-state index contributed by atoms with van der Waals surface area (Å²) in [5, 5.41) is 4.39. The van der Waals surface area contributed by atoms with Gasteiger partial charge in [0.05, 0.1) is 28.6 Å². The van der Waals surface area contributed by atoms with E-state index in [2.05, 4.69) is 135 Å². The normalized spacial score (nSPS) is 11.9. The van der Waals surface area contributed by atoms with Crippen LogP contribution in [0.5, 0.6) is 0 Å². The topological polar surface area (TPSA) is 69.6 Å². The molecule has 0 N–H and O–H groups in total. The molecule has 5 heterocycles. The van der Waals surface area contributed by atoms with E-state index in [0.717, 1.165) is 56.5 Å². The van der Waals surface area contributed by atoms with E-state index >= 15 is 0 Å². The van der Waals surface area contributed by atoms with Gasteiger partial charge < -0.3 is 8.98 Å². The van der Waals surface area contributed by atoms with E-state index in [1.807, 2.05) is 61.1 Å². The van der Waals surface area contributed by atoms with Gasteiger partial charge in [0.25, 0.3) is 0 Å². The molecule has 0 aliphatic carbocycles. The van der Waals surface area contributed by atoms with Crippen molar-refractivity contribution in [2.45, 2.75) is 77.1 Å². The second-order valence-electron chi connectivity index (χ2n) is 17.3. The first-order chi connectivity index (χ1) is 27.9. The predicted octanol–water partition coefficient (Wildman–Crippen LogP) is 12.9. The Labute approximate surface area is 364 Å². The van der Waals surface area contributed by atoms with Gasteiger partial charge in [-0.3, -0.25) is 15.0 Å². The SMILES string of the molecule is CC(C)Cc1cc(-c2[c-]cccc2)nc[c]1[Ge]([CH3])([CH3])[CH3].CC(C)c1cc2ccccc2c(C(C)C)c1-n1c(-c2[c-]c3c(nc2)oc2ccccc23)nc2cnccc21.[Ir]. The van der Waals surface area contributed by atoms with Gasteiger partial charge in [0, 0.05) is 32.0 Å². The van der Waals surface area contributed by atoms with Crippen LogP contribution in [0, 0.1) is 18.1 Å². The van der Waals surface area contributed by atoms with Crippen LogP contribution in [0.3, 0.4) is 0 Å². The number of para-hydroxylation sites is 1. The third kappa shape index (κ3) is 8.43. The maximum atomic E-state index is 5.99. The van der Waals surface area contributed by atoms with E-state index in [9.17, 15) is 0 Å². The summed E-state index contributed by atoms with van der Waals surface area (Å²) in [5.74, 6) is 9.39. The molecule has 0 bridgehead atoms. The summed E-state index contributed by atoms with van der Waals surface area (Å²) in [5.41, 5.74) is 11.5. The molecule has 0 saturated carbocycles. The van der Waals surface area contributed by atoms with Gasteiger partial charge in [-0.15, -0.1) is 6.07 Å². The molecule has 0 aliphatic rings. The third-order valence-electron chi connectivity index (χ3n) is 10.8. The molecule has 0 amide bonds. The Bertz CT molecular complexity index is 2910. The van der Waals surface area contributed by atoms with Gasteiger partial charge >= 0.3 is 126 Å². The van der Waals surface area contributed by atoms with Crippen LogP contribution in [0.15, 0.2) is 120 Å². The quantitative estimate of drug-likeness (QED) is 0.112. The van der Waals surface area contributed by atoms with Crippen molar-refractivity contribution in [3.8, 4) is 28.3 Å². The zero-order valence-corrected chi connectivity index (χ0v) is 39.9. The Kier molecular flexibility index (Phi) is 12.4. The van der Waals surface area contributed by atoms with Crippen molar-refractivity contribution in [1.82, 2.24) is 24.5 Å². The number of nitrogens with zero attached hydrogens (tertiary/aromatic N) is 5. The van der Waals surface area contributed by atoms with Crippen molar-refractivity contribution in [3.63, 3.8) is 0 Å². The fraction of sp³-hybridized carbons (Fsp3) is 0.255. The van der Waals surface area contributed by atoms with E-state index in [-0.39, 0.29) is 20.1 Å². The first kappa shape index (κ1) is 42.2. The van der Waals surface area contributed by atoms with Crippen molar-refractivity contribution in [3.05, 3.63) is 145 Å². The number of aromatic nitrogens is 5.